The Balaban J connectivity index is 2.35. The van der Waals surface area contributed by atoms with E-state index >= 15 is 0 Å². The van der Waals surface area contributed by atoms with Crippen LogP contribution in [-0.4, -0.2) is 5.11 Å². The summed E-state index contributed by atoms with van der Waals surface area (Å²) in [6.45, 7) is 1.49. The van der Waals surface area contributed by atoms with Crippen molar-refractivity contribution < 1.29 is 5.11 Å². The maximum atomic E-state index is 9.79. The summed E-state index contributed by atoms with van der Waals surface area (Å²) >= 11 is 0. The van der Waals surface area contributed by atoms with Crippen molar-refractivity contribution in [2.75, 3.05) is 0 Å². The Morgan fingerprint density at radius 3 is 2.00 bits per heavy atom. The summed E-state index contributed by atoms with van der Waals surface area (Å²) in [5, 5.41) is 18.6. The zero-order valence-corrected chi connectivity index (χ0v) is 9.59. The zero-order valence-electron chi connectivity index (χ0n) is 9.59. The average Bonchev–Trinajstić information content (AvgIpc) is 2.40. The maximum absolute atomic E-state index is 9.79. The Morgan fingerprint density at radius 2 is 1.47 bits per heavy atom. The molecular formula is C15H13NO. The Morgan fingerprint density at radius 1 is 0.941 bits per heavy atom. The van der Waals surface area contributed by atoms with Crippen LogP contribution in [0.15, 0.2) is 54.6 Å². The van der Waals surface area contributed by atoms with Gasteiger partial charge < -0.3 is 5.11 Å². The van der Waals surface area contributed by atoms with Crippen LogP contribution in [0.1, 0.15) is 12.5 Å². The standard InChI is InChI=1S/C15H13NO/c1-15(17,11-16)14-9-7-13(8-10-14)12-5-3-2-4-6-12/h2-10,17H,1H3. The van der Waals surface area contributed by atoms with Crippen LogP contribution < -0.4 is 0 Å². The molecule has 0 aliphatic carbocycles. The van der Waals surface area contributed by atoms with Crippen molar-refractivity contribution in [3.63, 3.8) is 0 Å². The molecule has 1 N–H and O–H groups in total. The number of aliphatic hydroxyl groups is 1. The second-order valence-corrected chi connectivity index (χ2v) is 4.13. The molecule has 17 heavy (non-hydrogen) atoms. The molecule has 2 nitrogen and oxygen atoms in total. The second-order valence-electron chi connectivity index (χ2n) is 4.13. The van der Waals surface area contributed by atoms with Gasteiger partial charge in [-0.3, -0.25) is 0 Å². The van der Waals surface area contributed by atoms with E-state index in [1.807, 2.05) is 48.5 Å². The van der Waals surface area contributed by atoms with Crippen LogP contribution >= 0.6 is 0 Å². The summed E-state index contributed by atoms with van der Waals surface area (Å²) in [5.41, 5.74) is 1.38. The Kier molecular flexibility index (Phi) is 2.95. The zero-order chi connectivity index (χ0) is 12.3. The summed E-state index contributed by atoms with van der Waals surface area (Å²) < 4.78 is 0. The number of hydrogen-bond acceptors (Lipinski definition) is 2. The average molecular weight is 223 g/mol. The van der Waals surface area contributed by atoms with E-state index in [2.05, 4.69) is 0 Å². The number of benzene rings is 2. The first-order valence-electron chi connectivity index (χ1n) is 5.43. The normalized spacial score (nSPS) is 13.7. The Bertz CT molecular complexity index is 535. The lowest BCUT2D eigenvalue weighted by Crippen LogP contribution is -2.17. The number of hydrogen-bond donors (Lipinski definition) is 1. The lowest BCUT2D eigenvalue weighted by Gasteiger charge is -2.14. The molecule has 0 radical (unpaired) electrons. The van der Waals surface area contributed by atoms with Gasteiger partial charge in [0.05, 0.1) is 0 Å². The van der Waals surface area contributed by atoms with Gasteiger partial charge in [-0.2, -0.15) is 5.26 Å². The minimum atomic E-state index is -1.42. The molecule has 0 heterocycles. The Hall–Kier alpha value is -2.11. The predicted molar refractivity (Wildman–Crippen MR) is 67.1 cm³/mol. The third kappa shape index (κ3) is 2.35. The lowest BCUT2D eigenvalue weighted by molar-refractivity contribution is 0.119. The van der Waals surface area contributed by atoms with Gasteiger partial charge in [0.1, 0.15) is 6.07 Å². The quantitative estimate of drug-likeness (QED) is 0.795. The first-order chi connectivity index (χ1) is 8.13. The van der Waals surface area contributed by atoms with E-state index in [0.29, 0.717) is 5.56 Å². The largest absolute Gasteiger partial charge is 0.372 e. The van der Waals surface area contributed by atoms with E-state index in [0.717, 1.165) is 11.1 Å². The van der Waals surface area contributed by atoms with Gasteiger partial charge in [-0.1, -0.05) is 54.6 Å². The van der Waals surface area contributed by atoms with Gasteiger partial charge in [0.15, 0.2) is 5.60 Å². The van der Waals surface area contributed by atoms with Crippen molar-refractivity contribution in [3.8, 4) is 17.2 Å². The van der Waals surface area contributed by atoms with Crippen molar-refractivity contribution in [1.82, 2.24) is 0 Å². The van der Waals surface area contributed by atoms with E-state index in [9.17, 15) is 5.11 Å². The molecule has 2 aromatic rings. The van der Waals surface area contributed by atoms with Crippen LogP contribution in [0.2, 0.25) is 0 Å². The van der Waals surface area contributed by atoms with Crippen LogP contribution in [0.3, 0.4) is 0 Å². The first-order valence-corrected chi connectivity index (χ1v) is 5.43. The Labute approximate surface area is 101 Å². The minimum absolute atomic E-state index is 0.611. The van der Waals surface area contributed by atoms with Gasteiger partial charge >= 0.3 is 0 Å². The lowest BCUT2D eigenvalue weighted by atomic mass is 9.95. The summed E-state index contributed by atoms with van der Waals surface area (Å²) in [7, 11) is 0. The van der Waals surface area contributed by atoms with E-state index in [1.54, 1.807) is 12.1 Å². The summed E-state index contributed by atoms with van der Waals surface area (Å²) in [4.78, 5) is 0. The smallest absolute Gasteiger partial charge is 0.173 e. The molecule has 0 aliphatic rings. The van der Waals surface area contributed by atoms with Gasteiger partial charge in [0, 0.05) is 0 Å². The third-order valence-corrected chi connectivity index (χ3v) is 2.77. The molecule has 2 heteroatoms. The van der Waals surface area contributed by atoms with Crippen molar-refractivity contribution in [2.24, 2.45) is 0 Å². The first kappa shape index (κ1) is 11.4. The monoisotopic (exact) mass is 223 g/mol. The minimum Gasteiger partial charge on any atom is -0.372 e. The molecule has 0 fully saturated rings. The SMILES string of the molecule is CC(O)(C#N)c1ccc(-c2ccccc2)cc1. The fraction of sp³-hybridized carbons (Fsp3) is 0.133. The molecule has 0 amide bonds. The fourth-order valence-corrected chi connectivity index (χ4v) is 1.68. The molecule has 0 bridgehead atoms. The molecule has 2 rings (SSSR count). The molecule has 2 aromatic carbocycles. The van der Waals surface area contributed by atoms with E-state index in [1.165, 1.54) is 6.92 Å². The van der Waals surface area contributed by atoms with Gasteiger partial charge in [-0.15, -0.1) is 0 Å². The van der Waals surface area contributed by atoms with Crippen molar-refractivity contribution in [3.05, 3.63) is 60.2 Å². The van der Waals surface area contributed by atoms with Crippen LogP contribution in [0.25, 0.3) is 11.1 Å². The highest BCUT2D eigenvalue weighted by Crippen LogP contribution is 2.24. The molecule has 0 aliphatic heterocycles. The predicted octanol–water partition coefficient (Wildman–Crippen LogP) is 3.08. The molecule has 84 valence electrons. The molecule has 0 aromatic heterocycles. The van der Waals surface area contributed by atoms with Crippen molar-refractivity contribution in [1.29, 1.82) is 5.26 Å². The molecule has 0 saturated heterocycles. The van der Waals surface area contributed by atoms with Gasteiger partial charge in [-0.25, -0.2) is 0 Å². The molecule has 0 spiro atoms. The van der Waals surface area contributed by atoms with E-state index < -0.39 is 5.60 Å². The van der Waals surface area contributed by atoms with Crippen LogP contribution in [0, 0.1) is 11.3 Å². The van der Waals surface area contributed by atoms with Crippen LogP contribution in [0.5, 0.6) is 0 Å². The highest BCUT2D eigenvalue weighted by Gasteiger charge is 2.21. The summed E-state index contributed by atoms with van der Waals surface area (Å²) in [6.07, 6.45) is 0. The fourth-order valence-electron chi connectivity index (χ4n) is 1.68. The molecule has 1 atom stereocenters. The topological polar surface area (TPSA) is 44.0 Å². The van der Waals surface area contributed by atoms with Gasteiger partial charge in [-0.05, 0) is 23.6 Å². The summed E-state index contributed by atoms with van der Waals surface area (Å²) in [5.74, 6) is 0. The van der Waals surface area contributed by atoms with Gasteiger partial charge in [0.2, 0.25) is 0 Å². The van der Waals surface area contributed by atoms with Crippen LogP contribution in [-0.2, 0) is 5.60 Å². The van der Waals surface area contributed by atoms with Crippen LogP contribution in [0.4, 0.5) is 0 Å². The summed E-state index contributed by atoms with van der Waals surface area (Å²) in [6, 6.07) is 19.2. The number of nitriles is 1. The second kappa shape index (κ2) is 4.40. The maximum Gasteiger partial charge on any atom is 0.173 e. The molecule has 1 unspecified atom stereocenters. The molecular weight excluding hydrogens is 210 g/mol. The number of rotatable bonds is 2. The van der Waals surface area contributed by atoms with E-state index in [4.69, 9.17) is 5.26 Å². The highest BCUT2D eigenvalue weighted by atomic mass is 16.3. The van der Waals surface area contributed by atoms with Crippen molar-refractivity contribution in [2.45, 2.75) is 12.5 Å². The van der Waals surface area contributed by atoms with Gasteiger partial charge in [0.25, 0.3) is 0 Å². The highest BCUT2D eigenvalue weighted by molar-refractivity contribution is 5.63. The van der Waals surface area contributed by atoms with Crippen molar-refractivity contribution >= 4 is 0 Å². The van der Waals surface area contributed by atoms with E-state index in [-0.39, 0.29) is 0 Å². The number of nitrogens with zero attached hydrogens (tertiary/aromatic N) is 1. The third-order valence-electron chi connectivity index (χ3n) is 2.77. The molecule has 0 saturated carbocycles.